The van der Waals surface area contributed by atoms with Gasteiger partial charge in [0.05, 0.1) is 12.3 Å². The fraction of sp³-hybridized carbons (Fsp3) is 0.562. The molecule has 23 heavy (non-hydrogen) atoms. The number of hydrogen-bond donors (Lipinski definition) is 1. The van der Waals surface area contributed by atoms with E-state index in [1.807, 2.05) is 45.0 Å². The van der Waals surface area contributed by atoms with Crippen LogP contribution in [0, 0.1) is 0 Å². The van der Waals surface area contributed by atoms with E-state index < -0.39 is 21.7 Å². The predicted octanol–water partition coefficient (Wildman–Crippen LogP) is 1.90. The lowest BCUT2D eigenvalue weighted by atomic mass is 9.94. The van der Waals surface area contributed by atoms with Crippen LogP contribution in [0.4, 0.5) is 4.79 Å². The van der Waals surface area contributed by atoms with Crippen molar-refractivity contribution in [1.29, 1.82) is 0 Å². The minimum Gasteiger partial charge on any atom is -0.444 e. The van der Waals surface area contributed by atoms with Crippen molar-refractivity contribution in [3.63, 3.8) is 0 Å². The predicted molar refractivity (Wildman–Crippen MR) is 88.6 cm³/mol. The van der Waals surface area contributed by atoms with Gasteiger partial charge in [-0.1, -0.05) is 24.3 Å². The van der Waals surface area contributed by atoms with E-state index in [9.17, 15) is 13.2 Å². The van der Waals surface area contributed by atoms with Crippen LogP contribution in [0.3, 0.4) is 0 Å². The van der Waals surface area contributed by atoms with E-state index in [2.05, 4.69) is 4.72 Å². The van der Waals surface area contributed by atoms with Crippen LogP contribution in [0.1, 0.15) is 31.9 Å². The Morgan fingerprint density at radius 2 is 1.91 bits per heavy atom. The highest BCUT2D eigenvalue weighted by molar-refractivity contribution is 7.88. The lowest BCUT2D eigenvalue weighted by molar-refractivity contribution is 0.0124. The standard InChI is InChI=1S/C16H24N2O4S/c1-16(2,3)22-15(19)18-11-13-8-6-5-7-12(13)9-14(18)10-17-23(4,20)21/h5-8,14,17H,9-11H2,1-4H3. The molecule has 0 spiro atoms. The summed E-state index contributed by atoms with van der Waals surface area (Å²) in [5, 5.41) is 0. The second-order valence-electron chi connectivity index (χ2n) is 6.86. The van der Waals surface area contributed by atoms with Crippen molar-refractivity contribution in [1.82, 2.24) is 9.62 Å². The molecule has 1 aliphatic heterocycles. The fourth-order valence-corrected chi connectivity index (χ4v) is 3.05. The monoisotopic (exact) mass is 340 g/mol. The van der Waals surface area contributed by atoms with Gasteiger partial charge >= 0.3 is 6.09 Å². The van der Waals surface area contributed by atoms with Gasteiger partial charge in [-0.3, -0.25) is 4.90 Å². The number of nitrogens with one attached hydrogen (secondary N) is 1. The topological polar surface area (TPSA) is 75.7 Å². The van der Waals surface area contributed by atoms with Crippen LogP contribution in [-0.4, -0.2) is 43.9 Å². The average molecular weight is 340 g/mol. The molecule has 0 radical (unpaired) electrons. The number of carbonyl (C=O) groups is 1. The Hall–Kier alpha value is -1.60. The maximum Gasteiger partial charge on any atom is 0.410 e. The van der Waals surface area contributed by atoms with E-state index in [1.165, 1.54) is 0 Å². The Labute approximate surface area is 137 Å². The van der Waals surface area contributed by atoms with Gasteiger partial charge in [0.25, 0.3) is 0 Å². The van der Waals surface area contributed by atoms with Crippen LogP contribution in [-0.2, 0) is 27.7 Å². The van der Waals surface area contributed by atoms with Gasteiger partial charge in [0, 0.05) is 13.1 Å². The van der Waals surface area contributed by atoms with Gasteiger partial charge < -0.3 is 4.74 Å². The summed E-state index contributed by atoms with van der Waals surface area (Å²) >= 11 is 0. The highest BCUT2D eigenvalue weighted by Crippen LogP contribution is 2.25. The summed E-state index contributed by atoms with van der Waals surface area (Å²) in [6.07, 6.45) is 1.28. The summed E-state index contributed by atoms with van der Waals surface area (Å²) in [4.78, 5) is 14.1. The first kappa shape index (κ1) is 17.7. The average Bonchev–Trinajstić information content (AvgIpc) is 2.41. The van der Waals surface area contributed by atoms with Crippen molar-refractivity contribution in [3.8, 4) is 0 Å². The number of ether oxygens (including phenoxy) is 1. The second kappa shape index (κ2) is 6.49. The molecule has 0 bridgehead atoms. The maximum absolute atomic E-state index is 12.5. The summed E-state index contributed by atoms with van der Waals surface area (Å²) in [5.41, 5.74) is 1.60. The summed E-state index contributed by atoms with van der Waals surface area (Å²) in [6.45, 7) is 6.03. The molecule has 2 rings (SSSR count). The molecule has 1 aromatic rings. The number of hydrogen-bond acceptors (Lipinski definition) is 4. The summed E-state index contributed by atoms with van der Waals surface area (Å²) in [6, 6.07) is 7.60. The summed E-state index contributed by atoms with van der Waals surface area (Å²) in [5.74, 6) is 0. The van der Waals surface area contributed by atoms with Crippen molar-refractivity contribution < 1.29 is 17.9 Å². The number of fused-ring (bicyclic) bond motifs is 1. The molecule has 0 saturated carbocycles. The smallest absolute Gasteiger partial charge is 0.410 e. The van der Waals surface area contributed by atoms with Gasteiger partial charge in [0.1, 0.15) is 5.60 Å². The van der Waals surface area contributed by atoms with E-state index in [4.69, 9.17) is 4.74 Å². The largest absolute Gasteiger partial charge is 0.444 e. The van der Waals surface area contributed by atoms with Gasteiger partial charge in [-0.25, -0.2) is 17.9 Å². The van der Waals surface area contributed by atoms with E-state index in [0.717, 1.165) is 17.4 Å². The molecule has 1 unspecified atom stereocenters. The molecule has 1 N–H and O–H groups in total. The number of nitrogens with zero attached hydrogens (tertiary/aromatic N) is 1. The SMILES string of the molecule is CC(C)(C)OC(=O)N1Cc2ccccc2CC1CNS(C)(=O)=O. The highest BCUT2D eigenvalue weighted by Gasteiger charge is 2.33. The van der Waals surface area contributed by atoms with Crippen LogP contribution in [0.5, 0.6) is 0 Å². The normalized spacial score (nSPS) is 18.4. The van der Waals surface area contributed by atoms with Gasteiger partial charge in [-0.05, 0) is 38.3 Å². The third-order valence-corrected chi connectivity index (χ3v) is 4.26. The first-order valence-corrected chi connectivity index (χ1v) is 9.45. The highest BCUT2D eigenvalue weighted by atomic mass is 32.2. The Kier molecular flexibility index (Phi) is 5.01. The Morgan fingerprint density at radius 3 is 2.48 bits per heavy atom. The van der Waals surface area contributed by atoms with Crippen molar-refractivity contribution in [2.75, 3.05) is 12.8 Å². The van der Waals surface area contributed by atoms with E-state index in [-0.39, 0.29) is 12.6 Å². The number of benzene rings is 1. The molecule has 0 saturated heterocycles. The Morgan fingerprint density at radius 1 is 1.30 bits per heavy atom. The molecule has 128 valence electrons. The quantitative estimate of drug-likeness (QED) is 0.912. The third-order valence-electron chi connectivity index (χ3n) is 3.56. The van der Waals surface area contributed by atoms with Crippen molar-refractivity contribution in [2.24, 2.45) is 0 Å². The van der Waals surface area contributed by atoms with E-state index in [0.29, 0.717) is 13.0 Å². The minimum atomic E-state index is -3.31. The molecule has 1 atom stereocenters. The van der Waals surface area contributed by atoms with Crippen LogP contribution >= 0.6 is 0 Å². The number of sulfonamides is 1. The number of amides is 1. The first-order chi connectivity index (χ1) is 10.6. The molecule has 7 heteroatoms. The fourth-order valence-electron chi connectivity index (χ4n) is 2.55. The molecular weight excluding hydrogens is 316 g/mol. The summed E-state index contributed by atoms with van der Waals surface area (Å²) in [7, 11) is -3.31. The zero-order valence-corrected chi connectivity index (χ0v) is 14.8. The van der Waals surface area contributed by atoms with Gasteiger partial charge in [-0.2, -0.15) is 0 Å². The van der Waals surface area contributed by atoms with E-state index >= 15 is 0 Å². The molecule has 1 aliphatic rings. The molecule has 0 fully saturated rings. The van der Waals surface area contributed by atoms with Crippen LogP contribution < -0.4 is 4.72 Å². The Bertz CT molecular complexity index is 680. The van der Waals surface area contributed by atoms with E-state index in [1.54, 1.807) is 4.90 Å². The maximum atomic E-state index is 12.5. The second-order valence-corrected chi connectivity index (χ2v) is 8.69. The van der Waals surface area contributed by atoms with Gasteiger partial charge in [0.15, 0.2) is 0 Å². The molecule has 0 aliphatic carbocycles. The zero-order valence-electron chi connectivity index (χ0n) is 14.0. The lowest BCUT2D eigenvalue weighted by Gasteiger charge is -2.37. The number of rotatable bonds is 3. The molecular formula is C16H24N2O4S. The summed E-state index contributed by atoms with van der Waals surface area (Å²) < 4.78 is 30.7. The lowest BCUT2D eigenvalue weighted by Crippen LogP contribution is -2.51. The van der Waals surface area contributed by atoms with Crippen LogP contribution in [0.2, 0.25) is 0 Å². The van der Waals surface area contributed by atoms with Crippen molar-refractivity contribution in [2.45, 2.75) is 45.4 Å². The van der Waals surface area contributed by atoms with Crippen LogP contribution in [0.25, 0.3) is 0 Å². The zero-order chi connectivity index (χ0) is 17.3. The number of carbonyl (C=O) groups excluding carboxylic acids is 1. The van der Waals surface area contributed by atoms with Gasteiger partial charge in [0.2, 0.25) is 10.0 Å². The van der Waals surface area contributed by atoms with Crippen LogP contribution in [0.15, 0.2) is 24.3 Å². The first-order valence-electron chi connectivity index (χ1n) is 7.56. The third kappa shape index (κ3) is 5.21. The molecule has 1 heterocycles. The van der Waals surface area contributed by atoms with Gasteiger partial charge in [-0.15, -0.1) is 0 Å². The molecule has 6 nitrogen and oxygen atoms in total. The van der Waals surface area contributed by atoms with Crippen molar-refractivity contribution >= 4 is 16.1 Å². The molecule has 1 aromatic carbocycles. The molecule has 1 amide bonds. The molecule has 0 aromatic heterocycles. The minimum absolute atomic E-state index is 0.173. The Balaban J connectivity index is 2.22. The van der Waals surface area contributed by atoms with Crippen molar-refractivity contribution in [3.05, 3.63) is 35.4 Å².